The van der Waals surface area contributed by atoms with Crippen LogP contribution in [0.1, 0.15) is 29.2 Å². The summed E-state index contributed by atoms with van der Waals surface area (Å²) >= 11 is 0. The van der Waals surface area contributed by atoms with Crippen LogP contribution in [0.4, 0.5) is 0 Å². The molecule has 0 bridgehead atoms. The first kappa shape index (κ1) is 13.6. The third-order valence-electron chi connectivity index (χ3n) is 3.33. The lowest BCUT2D eigenvalue weighted by molar-refractivity contribution is 0.168. The molecule has 0 aliphatic heterocycles. The number of aryl methyl sites for hydroxylation is 2. The van der Waals surface area contributed by atoms with Gasteiger partial charge in [-0.1, -0.05) is 42.0 Å². The Kier molecular flexibility index (Phi) is 4.58. The van der Waals surface area contributed by atoms with Crippen molar-refractivity contribution in [2.45, 2.75) is 25.9 Å². The summed E-state index contributed by atoms with van der Waals surface area (Å²) in [6, 6.07) is 16.0. The SMILES string of the molecule is COc1ccc(C(O)CCc2ccc(C)cc2)cc1. The van der Waals surface area contributed by atoms with Crippen molar-refractivity contribution in [1.82, 2.24) is 0 Å². The normalized spacial score (nSPS) is 12.2. The number of hydrogen-bond acceptors (Lipinski definition) is 2. The number of ether oxygens (including phenoxy) is 1. The molecule has 0 aliphatic rings. The Bertz CT molecular complexity index is 500. The van der Waals surface area contributed by atoms with Gasteiger partial charge in [-0.3, -0.25) is 0 Å². The summed E-state index contributed by atoms with van der Waals surface area (Å²) in [5.74, 6) is 0.814. The smallest absolute Gasteiger partial charge is 0.118 e. The Hall–Kier alpha value is -1.80. The monoisotopic (exact) mass is 256 g/mol. The maximum Gasteiger partial charge on any atom is 0.118 e. The molecule has 100 valence electrons. The fourth-order valence-corrected chi connectivity index (χ4v) is 2.05. The molecule has 1 atom stereocenters. The molecule has 0 saturated carbocycles. The predicted octanol–water partition coefficient (Wildman–Crippen LogP) is 3.67. The summed E-state index contributed by atoms with van der Waals surface area (Å²) in [6.07, 6.45) is 1.19. The molecular formula is C17H20O2. The third kappa shape index (κ3) is 3.83. The maximum atomic E-state index is 10.2. The average molecular weight is 256 g/mol. The Labute approximate surface area is 114 Å². The molecule has 0 spiro atoms. The lowest BCUT2D eigenvalue weighted by Crippen LogP contribution is -1.99. The van der Waals surface area contributed by atoms with Crippen molar-refractivity contribution < 1.29 is 9.84 Å². The maximum absolute atomic E-state index is 10.2. The highest BCUT2D eigenvalue weighted by atomic mass is 16.5. The van der Waals surface area contributed by atoms with Gasteiger partial charge in [0.15, 0.2) is 0 Å². The van der Waals surface area contributed by atoms with Crippen LogP contribution in [0.15, 0.2) is 48.5 Å². The summed E-state index contributed by atoms with van der Waals surface area (Å²) < 4.78 is 5.11. The summed E-state index contributed by atoms with van der Waals surface area (Å²) in [7, 11) is 1.64. The molecule has 1 N–H and O–H groups in total. The Morgan fingerprint density at radius 3 is 2.21 bits per heavy atom. The van der Waals surface area contributed by atoms with Crippen LogP contribution in [-0.4, -0.2) is 12.2 Å². The first-order valence-electron chi connectivity index (χ1n) is 6.56. The van der Waals surface area contributed by atoms with Crippen molar-refractivity contribution >= 4 is 0 Å². The largest absolute Gasteiger partial charge is 0.497 e. The molecule has 0 saturated heterocycles. The van der Waals surface area contributed by atoms with Gasteiger partial charge in [-0.15, -0.1) is 0 Å². The molecule has 1 unspecified atom stereocenters. The van der Waals surface area contributed by atoms with E-state index in [4.69, 9.17) is 4.74 Å². The van der Waals surface area contributed by atoms with Crippen LogP contribution in [0.3, 0.4) is 0 Å². The van der Waals surface area contributed by atoms with Gasteiger partial charge in [0, 0.05) is 0 Å². The van der Waals surface area contributed by atoms with Crippen LogP contribution in [0, 0.1) is 6.92 Å². The van der Waals surface area contributed by atoms with Gasteiger partial charge < -0.3 is 9.84 Å². The molecule has 19 heavy (non-hydrogen) atoms. The highest BCUT2D eigenvalue weighted by Crippen LogP contribution is 2.21. The number of methoxy groups -OCH3 is 1. The van der Waals surface area contributed by atoms with E-state index in [9.17, 15) is 5.11 Å². The summed E-state index contributed by atoms with van der Waals surface area (Å²) in [5.41, 5.74) is 3.46. The molecule has 0 heterocycles. The molecule has 0 amide bonds. The third-order valence-corrected chi connectivity index (χ3v) is 3.33. The zero-order valence-electron chi connectivity index (χ0n) is 11.5. The summed E-state index contributed by atoms with van der Waals surface area (Å²) in [4.78, 5) is 0. The van der Waals surface area contributed by atoms with Crippen molar-refractivity contribution in [3.05, 3.63) is 65.2 Å². The quantitative estimate of drug-likeness (QED) is 0.884. The molecule has 2 nitrogen and oxygen atoms in total. The zero-order valence-corrected chi connectivity index (χ0v) is 11.5. The van der Waals surface area contributed by atoms with Gasteiger partial charge in [-0.05, 0) is 43.0 Å². The van der Waals surface area contributed by atoms with Gasteiger partial charge in [0.25, 0.3) is 0 Å². The van der Waals surface area contributed by atoms with E-state index < -0.39 is 6.10 Å². The lowest BCUT2D eigenvalue weighted by Gasteiger charge is -2.11. The van der Waals surface area contributed by atoms with Crippen LogP contribution in [0.2, 0.25) is 0 Å². The van der Waals surface area contributed by atoms with Gasteiger partial charge in [0.2, 0.25) is 0 Å². The van der Waals surface area contributed by atoms with Crippen LogP contribution in [0.5, 0.6) is 5.75 Å². The molecule has 2 aromatic rings. The second kappa shape index (κ2) is 6.39. The number of benzene rings is 2. The van der Waals surface area contributed by atoms with E-state index >= 15 is 0 Å². The van der Waals surface area contributed by atoms with E-state index in [1.807, 2.05) is 24.3 Å². The van der Waals surface area contributed by atoms with Crippen molar-refractivity contribution in [1.29, 1.82) is 0 Å². The predicted molar refractivity (Wildman–Crippen MR) is 77.5 cm³/mol. The minimum Gasteiger partial charge on any atom is -0.497 e. The topological polar surface area (TPSA) is 29.5 Å². The number of rotatable bonds is 5. The molecule has 0 radical (unpaired) electrons. The zero-order chi connectivity index (χ0) is 13.7. The van der Waals surface area contributed by atoms with Gasteiger partial charge in [-0.25, -0.2) is 0 Å². The molecule has 0 fully saturated rings. The van der Waals surface area contributed by atoms with Gasteiger partial charge >= 0.3 is 0 Å². The molecule has 0 aromatic heterocycles. The van der Waals surface area contributed by atoms with Crippen LogP contribution >= 0.6 is 0 Å². The van der Waals surface area contributed by atoms with E-state index in [0.717, 1.165) is 24.2 Å². The minimum absolute atomic E-state index is 0.424. The van der Waals surface area contributed by atoms with Crippen LogP contribution in [-0.2, 0) is 6.42 Å². The Morgan fingerprint density at radius 2 is 1.63 bits per heavy atom. The highest BCUT2D eigenvalue weighted by molar-refractivity contribution is 5.28. The van der Waals surface area contributed by atoms with E-state index in [2.05, 4.69) is 31.2 Å². The van der Waals surface area contributed by atoms with Gasteiger partial charge in [0.05, 0.1) is 13.2 Å². The molecular weight excluding hydrogens is 236 g/mol. The molecule has 0 aliphatic carbocycles. The van der Waals surface area contributed by atoms with Crippen molar-refractivity contribution in [3.8, 4) is 5.75 Å². The lowest BCUT2D eigenvalue weighted by atomic mass is 10.0. The second-order valence-corrected chi connectivity index (χ2v) is 4.81. The first-order valence-corrected chi connectivity index (χ1v) is 6.56. The fourth-order valence-electron chi connectivity index (χ4n) is 2.05. The number of hydrogen-bond donors (Lipinski definition) is 1. The average Bonchev–Trinajstić information content (AvgIpc) is 2.46. The fraction of sp³-hybridized carbons (Fsp3) is 0.294. The van der Waals surface area contributed by atoms with Gasteiger partial charge in [-0.2, -0.15) is 0 Å². The van der Waals surface area contributed by atoms with Crippen molar-refractivity contribution in [2.75, 3.05) is 7.11 Å². The number of aliphatic hydroxyl groups excluding tert-OH is 1. The van der Waals surface area contributed by atoms with Crippen LogP contribution in [0.25, 0.3) is 0 Å². The van der Waals surface area contributed by atoms with Crippen molar-refractivity contribution in [2.24, 2.45) is 0 Å². The summed E-state index contributed by atoms with van der Waals surface area (Å²) in [6.45, 7) is 2.08. The van der Waals surface area contributed by atoms with Gasteiger partial charge in [0.1, 0.15) is 5.75 Å². The van der Waals surface area contributed by atoms with Crippen molar-refractivity contribution in [3.63, 3.8) is 0 Å². The van der Waals surface area contributed by atoms with E-state index in [0.29, 0.717) is 0 Å². The molecule has 2 aromatic carbocycles. The summed E-state index contributed by atoms with van der Waals surface area (Å²) in [5, 5.41) is 10.2. The Morgan fingerprint density at radius 1 is 1.00 bits per heavy atom. The molecule has 2 heteroatoms. The molecule has 2 rings (SSSR count). The second-order valence-electron chi connectivity index (χ2n) is 4.81. The minimum atomic E-state index is -0.424. The first-order chi connectivity index (χ1) is 9.19. The Balaban J connectivity index is 1.93. The standard InChI is InChI=1S/C17H20O2/c1-13-3-5-14(6-4-13)7-12-17(18)15-8-10-16(19-2)11-9-15/h3-6,8-11,17-18H,7,12H2,1-2H3. The van der Waals surface area contributed by atoms with E-state index in [1.54, 1.807) is 7.11 Å². The van der Waals surface area contributed by atoms with E-state index in [-0.39, 0.29) is 0 Å². The van der Waals surface area contributed by atoms with Crippen LogP contribution < -0.4 is 4.74 Å². The van der Waals surface area contributed by atoms with E-state index in [1.165, 1.54) is 11.1 Å². The number of aliphatic hydroxyl groups is 1. The highest BCUT2D eigenvalue weighted by Gasteiger charge is 2.07.